The van der Waals surface area contributed by atoms with Crippen LogP contribution in [-0.4, -0.2) is 30.3 Å². The molecule has 1 atom stereocenters. The van der Waals surface area contributed by atoms with Gasteiger partial charge in [0.25, 0.3) is 0 Å². The Morgan fingerprint density at radius 3 is 2.50 bits per heavy atom. The zero-order valence-corrected chi connectivity index (χ0v) is 14.0. The Balaban J connectivity index is 0.00000172. The second-order valence-electron chi connectivity index (χ2n) is 4.27. The molecule has 0 aromatic heterocycles. The third kappa shape index (κ3) is 5.03. The van der Waals surface area contributed by atoms with Crippen LogP contribution in [-0.2, 0) is 0 Å². The molecule has 0 saturated heterocycles. The van der Waals surface area contributed by atoms with Gasteiger partial charge in [0, 0.05) is 13.1 Å². The summed E-state index contributed by atoms with van der Waals surface area (Å²) in [6.45, 7) is 15.4. The van der Waals surface area contributed by atoms with Crippen LogP contribution in [0.2, 0.25) is 0 Å². The van der Waals surface area contributed by atoms with Crippen LogP contribution in [0.1, 0.15) is 27.2 Å². The maximum Gasteiger partial charge on any atom is 0.124 e. The topological polar surface area (TPSA) is 27.0 Å². The Hall–Kier alpha value is -1.24. The van der Waals surface area contributed by atoms with Gasteiger partial charge >= 0.3 is 0 Å². The molecule has 20 heavy (non-hydrogen) atoms. The van der Waals surface area contributed by atoms with Gasteiger partial charge in [-0.05, 0) is 35.7 Å². The molecule has 1 unspecified atom stereocenters. The van der Waals surface area contributed by atoms with Crippen LogP contribution in [0.25, 0.3) is 0 Å². The standard InChI is InChI=1S/C15H20N2S.C2H6/c1-5-7-13(6-2)14(10-16)17-9-8-15(18-4)12(3)11-17;1-2/h5-7,14H,1-2,8-9,11H2,3-4H3;1-2H3/b13-7+;. The first-order valence-corrected chi connectivity index (χ1v) is 8.21. The lowest BCUT2D eigenvalue weighted by molar-refractivity contribution is 0.273. The van der Waals surface area contributed by atoms with Crippen molar-refractivity contribution in [2.45, 2.75) is 33.2 Å². The smallest absolute Gasteiger partial charge is 0.124 e. The first-order chi connectivity index (χ1) is 9.67. The van der Waals surface area contributed by atoms with Crippen LogP contribution < -0.4 is 0 Å². The van der Waals surface area contributed by atoms with Gasteiger partial charge in [0.1, 0.15) is 6.04 Å². The Morgan fingerprint density at radius 1 is 1.45 bits per heavy atom. The van der Waals surface area contributed by atoms with Crippen molar-refractivity contribution in [3.8, 4) is 6.07 Å². The molecule has 1 heterocycles. The van der Waals surface area contributed by atoms with Crippen LogP contribution in [0.5, 0.6) is 0 Å². The SMILES string of the molecule is C=C/C=C(\C=C)C(C#N)N1CCC(SC)=C(C)C1.CC. The molecular weight excluding hydrogens is 264 g/mol. The largest absolute Gasteiger partial charge is 0.280 e. The lowest BCUT2D eigenvalue weighted by atomic mass is 10.0. The molecule has 0 spiro atoms. The van der Waals surface area contributed by atoms with E-state index in [1.54, 1.807) is 12.2 Å². The summed E-state index contributed by atoms with van der Waals surface area (Å²) in [5.41, 5.74) is 2.30. The molecule has 0 saturated carbocycles. The number of thioether (sulfide) groups is 1. The number of allylic oxidation sites excluding steroid dienone is 2. The van der Waals surface area contributed by atoms with Gasteiger partial charge in [-0.1, -0.05) is 45.2 Å². The average Bonchev–Trinajstić information content (AvgIpc) is 2.49. The van der Waals surface area contributed by atoms with E-state index >= 15 is 0 Å². The lowest BCUT2D eigenvalue weighted by Crippen LogP contribution is -2.39. The van der Waals surface area contributed by atoms with Gasteiger partial charge in [-0.3, -0.25) is 4.90 Å². The molecule has 3 heteroatoms. The molecule has 0 amide bonds. The molecule has 1 aliphatic rings. The van der Waals surface area contributed by atoms with Crippen molar-refractivity contribution in [3.05, 3.63) is 47.4 Å². The molecular formula is C17H26N2S. The highest BCUT2D eigenvalue weighted by Gasteiger charge is 2.24. The number of nitriles is 1. The second kappa shape index (κ2) is 10.5. The molecule has 0 aliphatic carbocycles. The van der Waals surface area contributed by atoms with Crippen LogP contribution >= 0.6 is 11.8 Å². The molecule has 1 rings (SSSR count). The van der Waals surface area contributed by atoms with Gasteiger partial charge in [0.2, 0.25) is 0 Å². The summed E-state index contributed by atoms with van der Waals surface area (Å²) < 4.78 is 0. The van der Waals surface area contributed by atoms with Crippen LogP contribution in [0.3, 0.4) is 0 Å². The molecule has 0 N–H and O–H groups in total. The van der Waals surface area contributed by atoms with E-state index in [4.69, 9.17) is 0 Å². The monoisotopic (exact) mass is 290 g/mol. The van der Waals surface area contributed by atoms with Crippen LogP contribution in [0.15, 0.2) is 47.4 Å². The van der Waals surface area contributed by atoms with E-state index in [1.807, 2.05) is 31.7 Å². The van der Waals surface area contributed by atoms with E-state index < -0.39 is 0 Å². The summed E-state index contributed by atoms with van der Waals surface area (Å²) in [5.74, 6) is 0. The second-order valence-corrected chi connectivity index (χ2v) is 5.17. The number of rotatable bonds is 5. The third-order valence-corrected chi connectivity index (χ3v) is 4.18. The third-order valence-electron chi connectivity index (χ3n) is 3.14. The minimum atomic E-state index is -0.223. The van der Waals surface area contributed by atoms with Crippen molar-refractivity contribution >= 4 is 11.8 Å². The molecule has 0 aromatic rings. The summed E-state index contributed by atoms with van der Waals surface area (Å²) in [6.07, 6.45) is 8.47. The molecule has 0 aromatic carbocycles. The fraction of sp³-hybridized carbons (Fsp3) is 0.471. The zero-order valence-electron chi connectivity index (χ0n) is 13.1. The Labute approximate surface area is 128 Å². The average molecular weight is 290 g/mol. The van der Waals surface area contributed by atoms with Gasteiger partial charge in [0.05, 0.1) is 6.07 Å². The van der Waals surface area contributed by atoms with Crippen LogP contribution in [0, 0.1) is 11.3 Å². The minimum absolute atomic E-state index is 0.223. The van der Waals surface area contributed by atoms with E-state index in [1.165, 1.54) is 10.5 Å². The van der Waals surface area contributed by atoms with Gasteiger partial charge in [0.15, 0.2) is 0 Å². The molecule has 0 fully saturated rings. The van der Waals surface area contributed by atoms with Crippen LogP contribution in [0.4, 0.5) is 0 Å². The molecule has 2 nitrogen and oxygen atoms in total. The van der Waals surface area contributed by atoms with Crippen molar-refractivity contribution in [1.82, 2.24) is 4.90 Å². The van der Waals surface area contributed by atoms with Crippen molar-refractivity contribution < 1.29 is 0 Å². The van der Waals surface area contributed by atoms with Crippen molar-refractivity contribution in [2.24, 2.45) is 0 Å². The van der Waals surface area contributed by atoms with Gasteiger partial charge in [-0.2, -0.15) is 5.26 Å². The van der Waals surface area contributed by atoms with E-state index in [9.17, 15) is 5.26 Å². The summed E-state index contributed by atoms with van der Waals surface area (Å²) in [7, 11) is 0. The zero-order chi connectivity index (χ0) is 15.5. The van der Waals surface area contributed by atoms with Crippen molar-refractivity contribution in [3.63, 3.8) is 0 Å². The molecule has 0 bridgehead atoms. The highest BCUT2D eigenvalue weighted by atomic mass is 32.2. The quantitative estimate of drug-likeness (QED) is 0.695. The van der Waals surface area contributed by atoms with Gasteiger partial charge in [-0.15, -0.1) is 11.8 Å². The van der Waals surface area contributed by atoms with E-state index in [2.05, 4.69) is 37.3 Å². The Kier molecular flexibility index (Phi) is 9.88. The van der Waals surface area contributed by atoms with E-state index in [0.717, 1.165) is 25.1 Å². The first-order valence-electron chi connectivity index (χ1n) is 6.99. The number of nitrogens with zero attached hydrogens (tertiary/aromatic N) is 2. The summed E-state index contributed by atoms with van der Waals surface area (Å²) in [6, 6.07) is 2.15. The van der Waals surface area contributed by atoms with Crippen molar-refractivity contribution in [2.75, 3.05) is 19.3 Å². The van der Waals surface area contributed by atoms with Gasteiger partial charge in [-0.25, -0.2) is 0 Å². The minimum Gasteiger partial charge on any atom is -0.280 e. The van der Waals surface area contributed by atoms with E-state index in [0.29, 0.717) is 0 Å². The Bertz CT molecular complexity index is 427. The summed E-state index contributed by atoms with van der Waals surface area (Å²) in [4.78, 5) is 3.65. The molecule has 1 aliphatic heterocycles. The lowest BCUT2D eigenvalue weighted by Gasteiger charge is -2.32. The fourth-order valence-electron chi connectivity index (χ4n) is 2.20. The normalized spacial score (nSPS) is 17.6. The highest BCUT2D eigenvalue weighted by molar-refractivity contribution is 8.02. The Morgan fingerprint density at radius 2 is 2.10 bits per heavy atom. The predicted octanol–water partition coefficient (Wildman–Crippen LogP) is 4.55. The molecule has 110 valence electrons. The fourth-order valence-corrected chi connectivity index (χ4v) is 2.91. The maximum absolute atomic E-state index is 9.38. The van der Waals surface area contributed by atoms with E-state index in [-0.39, 0.29) is 6.04 Å². The maximum atomic E-state index is 9.38. The predicted molar refractivity (Wildman–Crippen MR) is 91.6 cm³/mol. The number of hydrogen-bond acceptors (Lipinski definition) is 3. The number of hydrogen-bond donors (Lipinski definition) is 0. The molecule has 0 radical (unpaired) electrons. The highest BCUT2D eigenvalue weighted by Crippen LogP contribution is 2.28. The summed E-state index contributed by atoms with van der Waals surface area (Å²) >= 11 is 1.82. The summed E-state index contributed by atoms with van der Waals surface area (Å²) in [5, 5.41) is 9.38. The first kappa shape index (κ1) is 18.8. The van der Waals surface area contributed by atoms with Gasteiger partial charge < -0.3 is 0 Å². The van der Waals surface area contributed by atoms with Crippen molar-refractivity contribution in [1.29, 1.82) is 5.26 Å².